The van der Waals surface area contributed by atoms with Crippen molar-refractivity contribution < 1.29 is 14.5 Å². The molecule has 0 saturated carbocycles. The maximum absolute atomic E-state index is 13.0. The fourth-order valence-corrected chi connectivity index (χ4v) is 3.10. The number of nitro benzene ring substituents is 1. The second-order valence-electron chi connectivity index (χ2n) is 7.14. The molecule has 2 heterocycles. The van der Waals surface area contributed by atoms with Crippen molar-refractivity contribution in [1.82, 2.24) is 19.7 Å². The Morgan fingerprint density at radius 3 is 2.71 bits per heavy atom. The summed E-state index contributed by atoms with van der Waals surface area (Å²) >= 11 is 0. The van der Waals surface area contributed by atoms with E-state index < -0.39 is 10.8 Å². The first-order chi connectivity index (χ1) is 16.5. The summed E-state index contributed by atoms with van der Waals surface area (Å²) in [5.41, 5.74) is 2.07. The second-order valence-corrected chi connectivity index (χ2v) is 7.14. The Bertz CT molecular complexity index is 1330. The van der Waals surface area contributed by atoms with Gasteiger partial charge in [0, 0.05) is 42.7 Å². The highest BCUT2D eigenvalue weighted by Gasteiger charge is 2.16. The monoisotopic (exact) mass is 456 g/mol. The molecule has 34 heavy (non-hydrogen) atoms. The predicted octanol–water partition coefficient (Wildman–Crippen LogP) is 4.22. The summed E-state index contributed by atoms with van der Waals surface area (Å²) in [6.45, 7) is 0.400. The summed E-state index contributed by atoms with van der Waals surface area (Å²) in [4.78, 5) is 32.0. The third-order valence-electron chi connectivity index (χ3n) is 4.84. The lowest BCUT2D eigenvalue weighted by Crippen LogP contribution is -2.14. The maximum atomic E-state index is 13.0. The van der Waals surface area contributed by atoms with Crippen molar-refractivity contribution in [3.05, 3.63) is 100 Å². The van der Waals surface area contributed by atoms with E-state index in [1.807, 2.05) is 24.3 Å². The van der Waals surface area contributed by atoms with Gasteiger partial charge in [0.25, 0.3) is 11.6 Å². The largest absolute Gasteiger partial charge is 0.497 e. The number of nitrogens with zero attached hydrogens (tertiary/aromatic N) is 5. The molecule has 2 aromatic carbocycles. The van der Waals surface area contributed by atoms with E-state index in [1.165, 1.54) is 24.3 Å². The molecular formula is C24H20N6O4. The van der Waals surface area contributed by atoms with Gasteiger partial charge in [-0.2, -0.15) is 9.67 Å². The van der Waals surface area contributed by atoms with Crippen LogP contribution in [0.1, 0.15) is 15.9 Å². The molecular weight excluding hydrogens is 436 g/mol. The lowest BCUT2D eigenvalue weighted by atomic mass is 10.2. The molecule has 4 aromatic rings. The smallest absolute Gasteiger partial charge is 0.274 e. The zero-order chi connectivity index (χ0) is 23.9. The van der Waals surface area contributed by atoms with Crippen molar-refractivity contribution >= 4 is 23.6 Å². The molecule has 2 aromatic heterocycles. The van der Waals surface area contributed by atoms with Gasteiger partial charge in [-0.1, -0.05) is 24.3 Å². The number of hydrogen-bond donors (Lipinski definition) is 1. The predicted molar refractivity (Wildman–Crippen MR) is 126 cm³/mol. The van der Waals surface area contributed by atoms with Gasteiger partial charge in [-0.05, 0) is 41.5 Å². The number of ether oxygens (including phenoxy) is 1. The Kier molecular flexibility index (Phi) is 6.68. The minimum absolute atomic E-state index is 0.0592. The minimum atomic E-state index is -0.488. The number of non-ortho nitro benzene ring substituents is 1. The standard InChI is InChI=1S/C24H20N6O4/c1-34-21-10-7-18(8-11-21)15-26-24-27-23(19-5-3-13-25-16-19)28-29(24)22(31)12-9-17-4-2-6-20(14-17)30(32)33/h2-14,16H,15H2,1H3,(H,26,27,28). The molecule has 0 bridgehead atoms. The highest BCUT2D eigenvalue weighted by Crippen LogP contribution is 2.19. The quantitative estimate of drug-likeness (QED) is 0.237. The molecule has 0 atom stereocenters. The summed E-state index contributed by atoms with van der Waals surface area (Å²) in [5.74, 6) is 0.865. The van der Waals surface area contributed by atoms with Crippen LogP contribution in [-0.4, -0.2) is 37.7 Å². The van der Waals surface area contributed by atoms with Gasteiger partial charge in [0.1, 0.15) is 5.75 Å². The molecule has 1 N–H and O–H groups in total. The van der Waals surface area contributed by atoms with Gasteiger partial charge in [0.05, 0.1) is 12.0 Å². The molecule has 4 rings (SSSR count). The number of carbonyl (C=O) groups is 1. The number of methoxy groups -OCH3 is 1. The summed E-state index contributed by atoms with van der Waals surface area (Å²) in [6.07, 6.45) is 6.03. The Hall–Kier alpha value is -4.86. The van der Waals surface area contributed by atoms with E-state index in [1.54, 1.807) is 43.8 Å². The Labute approximate surface area is 194 Å². The van der Waals surface area contributed by atoms with Crippen molar-refractivity contribution in [1.29, 1.82) is 0 Å². The Morgan fingerprint density at radius 2 is 2.00 bits per heavy atom. The number of allylic oxidation sites excluding steroid dienone is 1. The maximum Gasteiger partial charge on any atom is 0.274 e. The van der Waals surface area contributed by atoms with Crippen molar-refractivity contribution in [3.63, 3.8) is 0 Å². The van der Waals surface area contributed by atoms with Crippen molar-refractivity contribution in [2.24, 2.45) is 0 Å². The molecule has 0 unspecified atom stereocenters. The fraction of sp³-hybridized carbons (Fsp3) is 0.0833. The van der Waals surface area contributed by atoms with Crippen LogP contribution in [0, 0.1) is 10.1 Å². The Morgan fingerprint density at radius 1 is 1.18 bits per heavy atom. The average molecular weight is 456 g/mol. The number of hydrogen-bond acceptors (Lipinski definition) is 8. The number of aromatic nitrogens is 4. The number of carbonyl (C=O) groups excluding carboxylic acids is 1. The van der Waals surface area contributed by atoms with Gasteiger partial charge < -0.3 is 10.1 Å². The van der Waals surface area contributed by atoms with E-state index in [4.69, 9.17) is 4.74 Å². The normalized spacial score (nSPS) is 10.9. The van der Waals surface area contributed by atoms with Gasteiger partial charge in [-0.25, -0.2) is 0 Å². The number of pyridine rings is 1. The summed E-state index contributed by atoms with van der Waals surface area (Å²) in [6, 6.07) is 17.0. The molecule has 0 aliphatic heterocycles. The molecule has 0 amide bonds. The third-order valence-corrected chi connectivity index (χ3v) is 4.84. The van der Waals surface area contributed by atoms with Gasteiger partial charge in [-0.3, -0.25) is 19.9 Å². The van der Waals surface area contributed by atoms with E-state index in [2.05, 4.69) is 20.4 Å². The summed E-state index contributed by atoms with van der Waals surface area (Å²) in [5, 5.41) is 18.5. The lowest BCUT2D eigenvalue weighted by Gasteiger charge is -2.07. The highest BCUT2D eigenvalue weighted by atomic mass is 16.6. The van der Waals surface area contributed by atoms with E-state index in [0.717, 1.165) is 16.0 Å². The zero-order valence-electron chi connectivity index (χ0n) is 18.2. The lowest BCUT2D eigenvalue weighted by molar-refractivity contribution is -0.384. The van der Waals surface area contributed by atoms with E-state index in [-0.39, 0.29) is 11.6 Å². The van der Waals surface area contributed by atoms with Gasteiger partial charge in [0.15, 0.2) is 5.82 Å². The topological polar surface area (TPSA) is 125 Å². The number of anilines is 1. The van der Waals surface area contributed by atoms with Crippen LogP contribution in [0.5, 0.6) is 5.75 Å². The summed E-state index contributed by atoms with van der Waals surface area (Å²) < 4.78 is 6.33. The number of benzene rings is 2. The first-order valence-electron chi connectivity index (χ1n) is 10.2. The SMILES string of the molecule is COc1ccc(CNc2nc(-c3cccnc3)nn2C(=O)C=Cc2cccc([N+](=O)[O-])c2)cc1. The Balaban J connectivity index is 1.60. The number of nitrogens with one attached hydrogen (secondary N) is 1. The van der Waals surface area contributed by atoms with E-state index >= 15 is 0 Å². The van der Waals surface area contributed by atoms with Crippen LogP contribution in [0.25, 0.3) is 17.5 Å². The van der Waals surface area contributed by atoms with Crippen molar-refractivity contribution in [3.8, 4) is 17.1 Å². The molecule has 0 aliphatic rings. The van der Waals surface area contributed by atoms with Crippen LogP contribution >= 0.6 is 0 Å². The van der Waals surface area contributed by atoms with Gasteiger partial charge in [0.2, 0.25) is 5.95 Å². The van der Waals surface area contributed by atoms with Crippen LogP contribution < -0.4 is 10.1 Å². The van der Waals surface area contributed by atoms with E-state index in [0.29, 0.717) is 23.5 Å². The third kappa shape index (κ3) is 5.30. The molecule has 10 heteroatoms. The molecule has 0 aliphatic carbocycles. The molecule has 170 valence electrons. The molecule has 0 spiro atoms. The highest BCUT2D eigenvalue weighted by molar-refractivity contribution is 5.95. The average Bonchev–Trinajstić information content (AvgIpc) is 3.31. The van der Waals surface area contributed by atoms with Crippen molar-refractivity contribution in [2.45, 2.75) is 6.54 Å². The van der Waals surface area contributed by atoms with E-state index in [9.17, 15) is 14.9 Å². The van der Waals surface area contributed by atoms with Crippen LogP contribution in [0.15, 0.2) is 79.1 Å². The summed E-state index contributed by atoms with van der Waals surface area (Å²) in [7, 11) is 1.60. The van der Waals surface area contributed by atoms with Gasteiger partial charge >= 0.3 is 0 Å². The molecule has 0 saturated heterocycles. The van der Waals surface area contributed by atoms with Crippen LogP contribution in [0.4, 0.5) is 11.6 Å². The zero-order valence-corrected chi connectivity index (χ0v) is 18.2. The van der Waals surface area contributed by atoms with Crippen LogP contribution in [-0.2, 0) is 6.54 Å². The number of rotatable bonds is 8. The van der Waals surface area contributed by atoms with Crippen LogP contribution in [0.3, 0.4) is 0 Å². The molecule has 0 fully saturated rings. The second kappa shape index (κ2) is 10.2. The molecule has 10 nitrogen and oxygen atoms in total. The molecule has 0 radical (unpaired) electrons. The first-order valence-corrected chi connectivity index (χ1v) is 10.2. The van der Waals surface area contributed by atoms with Crippen molar-refractivity contribution in [2.75, 3.05) is 12.4 Å². The van der Waals surface area contributed by atoms with Crippen LogP contribution in [0.2, 0.25) is 0 Å². The fourth-order valence-electron chi connectivity index (χ4n) is 3.10. The number of nitro groups is 1. The first kappa shape index (κ1) is 22.3. The minimum Gasteiger partial charge on any atom is -0.497 e. The van der Waals surface area contributed by atoms with Gasteiger partial charge in [-0.15, -0.1) is 5.10 Å².